The van der Waals surface area contributed by atoms with Crippen molar-refractivity contribution in [3.05, 3.63) is 82.4 Å². The number of hydrogen-bond donors (Lipinski definition) is 1. The normalized spacial score (nSPS) is 11.2. The summed E-state index contributed by atoms with van der Waals surface area (Å²) < 4.78 is 4.68. The van der Waals surface area contributed by atoms with Crippen LogP contribution in [0.25, 0.3) is 50.0 Å². The first kappa shape index (κ1) is 21.2. The van der Waals surface area contributed by atoms with Gasteiger partial charge in [-0.2, -0.15) is 10.5 Å². The maximum atomic E-state index is 11.5. The Hall–Kier alpha value is -4.65. The molecule has 0 bridgehead atoms. The number of aromatic nitrogens is 2. The van der Waals surface area contributed by atoms with Gasteiger partial charge in [0.2, 0.25) is 0 Å². The molecule has 7 heteroatoms. The van der Waals surface area contributed by atoms with Gasteiger partial charge in [0, 0.05) is 21.9 Å². The van der Waals surface area contributed by atoms with Gasteiger partial charge in [0.05, 0.1) is 47.0 Å². The number of benzene rings is 4. The van der Waals surface area contributed by atoms with Crippen molar-refractivity contribution < 1.29 is 9.53 Å². The molecule has 0 unspecified atom stereocenters. The summed E-state index contributed by atoms with van der Waals surface area (Å²) >= 11 is 6.34. The number of carbonyl (C=O) groups excluding carboxylic acids is 1. The molecule has 0 aliphatic rings. The van der Waals surface area contributed by atoms with Gasteiger partial charge < -0.3 is 9.72 Å². The Morgan fingerprint density at radius 3 is 2.41 bits per heavy atom. The van der Waals surface area contributed by atoms with Crippen molar-refractivity contribution in [1.29, 1.82) is 10.5 Å². The molecule has 1 aromatic heterocycles. The Balaban J connectivity index is 1.86. The van der Waals surface area contributed by atoms with Gasteiger partial charge in [0.1, 0.15) is 5.82 Å². The molecule has 34 heavy (non-hydrogen) atoms. The number of ether oxygens (including phenoxy) is 1. The molecule has 0 fully saturated rings. The van der Waals surface area contributed by atoms with Crippen molar-refractivity contribution in [3.8, 4) is 23.5 Å². The molecular weight excluding hydrogens is 448 g/mol. The molecule has 0 amide bonds. The summed E-state index contributed by atoms with van der Waals surface area (Å²) in [5.74, 6) is 0.00645. The molecule has 1 heterocycles. The summed E-state index contributed by atoms with van der Waals surface area (Å²) in [6, 6.07) is 20.7. The van der Waals surface area contributed by atoms with Gasteiger partial charge in [-0.1, -0.05) is 35.9 Å². The van der Waals surface area contributed by atoms with Crippen molar-refractivity contribution in [2.75, 3.05) is 7.11 Å². The van der Waals surface area contributed by atoms with Gasteiger partial charge in [-0.15, -0.1) is 0 Å². The van der Waals surface area contributed by atoms with Crippen LogP contribution in [-0.2, 0) is 9.53 Å². The number of nitrogens with one attached hydrogen (secondary N) is 1. The molecule has 5 rings (SSSR count). The van der Waals surface area contributed by atoms with Crippen molar-refractivity contribution in [1.82, 2.24) is 9.97 Å². The topological polar surface area (TPSA) is 103 Å². The molecule has 162 valence electrons. The van der Waals surface area contributed by atoms with E-state index in [0.717, 1.165) is 32.6 Å². The molecule has 0 atom stereocenters. The van der Waals surface area contributed by atoms with E-state index >= 15 is 0 Å². The van der Waals surface area contributed by atoms with E-state index < -0.39 is 5.97 Å². The van der Waals surface area contributed by atoms with Crippen LogP contribution in [0.5, 0.6) is 0 Å². The van der Waals surface area contributed by atoms with Gasteiger partial charge in [-0.25, -0.2) is 9.78 Å². The Morgan fingerprint density at radius 2 is 1.71 bits per heavy atom. The SMILES string of the molecule is COC(=O)/C=C/c1ccc2c(c1)c1cc(Cl)ccc1c1[nH]c(-c3c(C#N)cccc3C#N)nc21. The van der Waals surface area contributed by atoms with Crippen LogP contribution >= 0.6 is 11.6 Å². The maximum absolute atomic E-state index is 11.5. The predicted octanol–water partition coefficient (Wildman–Crippen LogP) is 6.12. The molecule has 0 aliphatic carbocycles. The maximum Gasteiger partial charge on any atom is 0.330 e. The molecule has 4 aromatic carbocycles. The van der Waals surface area contributed by atoms with E-state index in [1.807, 2.05) is 30.3 Å². The largest absolute Gasteiger partial charge is 0.466 e. The predicted molar refractivity (Wildman–Crippen MR) is 132 cm³/mol. The van der Waals surface area contributed by atoms with Crippen LogP contribution in [0.3, 0.4) is 0 Å². The lowest BCUT2D eigenvalue weighted by molar-refractivity contribution is -0.134. The fourth-order valence-corrected chi connectivity index (χ4v) is 4.33. The first-order chi connectivity index (χ1) is 16.5. The lowest BCUT2D eigenvalue weighted by atomic mass is 9.98. The van der Waals surface area contributed by atoms with E-state index in [9.17, 15) is 15.3 Å². The number of imidazole rings is 1. The van der Waals surface area contributed by atoms with Gasteiger partial charge >= 0.3 is 5.97 Å². The molecule has 0 spiro atoms. The van der Waals surface area contributed by atoms with Crippen molar-refractivity contribution in [2.24, 2.45) is 0 Å². The van der Waals surface area contributed by atoms with Crippen molar-refractivity contribution >= 4 is 56.2 Å². The third-order valence-electron chi connectivity index (χ3n) is 5.70. The standard InChI is InChI=1S/C27H15ClN4O2/c1-34-23(33)10-6-15-5-8-19-21(11-15)22-12-18(28)7-9-20(22)26-25(19)31-27(32-26)24-16(13-29)3-2-4-17(24)14-30/h2-12H,1H3,(H,31,32)/b10-6+. The second-order valence-electron chi connectivity index (χ2n) is 7.61. The zero-order chi connectivity index (χ0) is 23.8. The number of H-pyrrole nitrogens is 1. The summed E-state index contributed by atoms with van der Waals surface area (Å²) in [7, 11) is 1.33. The fraction of sp³-hybridized carbons (Fsp3) is 0.0370. The highest BCUT2D eigenvalue weighted by Gasteiger charge is 2.18. The third-order valence-corrected chi connectivity index (χ3v) is 5.93. The summed E-state index contributed by atoms with van der Waals surface area (Å²) in [6.07, 6.45) is 3.05. The highest BCUT2D eigenvalue weighted by Crippen LogP contribution is 2.38. The summed E-state index contributed by atoms with van der Waals surface area (Å²) in [4.78, 5) is 19.7. The van der Waals surface area contributed by atoms with E-state index in [0.29, 0.717) is 33.1 Å². The molecule has 5 aromatic rings. The summed E-state index contributed by atoms with van der Waals surface area (Å²) in [6.45, 7) is 0. The smallest absolute Gasteiger partial charge is 0.330 e. The van der Waals surface area contributed by atoms with Gasteiger partial charge in [0.25, 0.3) is 0 Å². The van der Waals surface area contributed by atoms with Gasteiger partial charge in [-0.3, -0.25) is 0 Å². The molecule has 0 saturated carbocycles. The number of aromatic amines is 1. The Morgan fingerprint density at radius 1 is 1.00 bits per heavy atom. The van der Waals surface area contributed by atoms with Gasteiger partial charge in [-0.05, 0) is 52.7 Å². The third kappa shape index (κ3) is 3.44. The molecule has 0 saturated heterocycles. The van der Waals surface area contributed by atoms with Crippen LogP contribution in [0.2, 0.25) is 5.02 Å². The minimum Gasteiger partial charge on any atom is -0.466 e. The Labute approximate surface area is 199 Å². The number of halogens is 1. The monoisotopic (exact) mass is 462 g/mol. The van der Waals surface area contributed by atoms with Crippen LogP contribution in [-0.4, -0.2) is 23.0 Å². The average molecular weight is 463 g/mol. The zero-order valence-corrected chi connectivity index (χ0v) is 18.6. The zero-order valence-electron chi connectivity index (χ0n) is 17.9. The van der Waals surface area contributed by atoms with E-state index in [1.54, 1.807) is 30.3 Å². The number of nitrogens with zero attached hydrogens (tertiary/aromatic N) is 3. The van der Waals surface area contributed by atoms with Crippen molar-refractivity contribution in [2.45, 2.75) is 0 Å². The van der Waals surface area contributed by atoms with Crippen LogP contribution in [0.15, 0.2) is 60.7 Å². The number of esters is 1. The number of carbonyl (C=O) groups is 1. The molecular formula is C27H15ClN4O2. The number of rotatable bonds is 3. The molecule has 1 N–H and O–H groups in total. The molecule has 0 aliphatic heterocycles. The average Bonchev–Trinajstić information content (AvgIpc) is 3.31. The summed E-state index contributed by atoms with van der Waals surface area (Å²) in [5, 5.41) is 23.4. The fourth-order valence-electron chi connectivity index (χ4n) is 4.16. The highest BCUT2D eigenvalue weighted by molar-refractivity contribution is 6.33. The lowest BCUT2D eigenvalue weighted by Crippen LogP contribution is -1.93. The van der Waals surface area contributed by atoms with Crippen LogP contribution in [0.4, 0.5) is 0 Å². The number of methoxy groups -OCH3 is 1. The molecule has 6 nitrogen and oxygen atoms in total. The second kappa shape index (κ2) is 8.37. The minimum absolute atomic E-state index is 0.366. The van der Waals surface area contributed by atoms with Crippen LogP contribution < -0.4 is 0 Å². The van der Waals surface area contributed by atoms with Gasteiger partial charge in [0.15, 0.2) is 0 Å². The Kier molecular flexibility index (Phi) is 5.22. The first-order valence-corrected chi connectivity index (χ1v) is 10.7. The van der Waals surface area contributed by atoms with E-state index in [2.05, 4.69) is 21.9 Å². The number of hydrogen-bond acceptors (Lipinski definition) is 5. The van der Waals surface area contributed by atoms with Crippen LogP contribution in [0.1, 0.15) is 16.7 Å². The number of fused-ring (bicyclic) bond motifs is 6. The molecule has 0 radical (unpaired) electrons. The highest BCUT2D eigenvalue weighted by atomic mass is 35.5. The summed E-state index contributed by atoms with van der Waals surface area (Å²) in [5.41, 5.74) is 3.51. The van der Waals surface area contributed by atoms with E-state index in [1.165, 1.54) is 13.2 Å². The first-order valence-electron chi connectivity index (χ1n) is 10.3. The quantitative estimate of drug-likeness (QED) is 0.197. The van der Waals surface area contributed by atoms with E-state index in [4.69, 9.17) is 16.6 Å². The second-order valence-corrected chi connectivity index (χ2v) is 8.05. The van der Waals surface area contributed by atoms with E-state index in [-0.39, 0.29) is 0 Å². The van der Waals surface area contributed by atoms with Crippen LogP contribution in [0, 0.1) is 22.7 Å². The minimum atomic E-state index is -0.440. The van der Waals surface area contributed by atoms with Crippen molar-refractivity contribution in [3.63, 3.8) is 0 Å². The lowest BCUT2D eigenvalue weighted by Gasteiger charge is -2.08. The Bertz CT molecular complexity index is 1720. The number of nitriles is 2.